The fourth-order valence-electron chi connectivity index (χ4n) is 4.05. The van der Waals surface area contributed by atoms with Gasteiger partial charge in [-0.1, -0.05) is 23.7 Å². The minimum Gasteiger partial charge on any atom is -0.338 e. The number of hydrogen-bond donors (Lipinski definition) is 1. The summed E-state index contributed by atoms with van der Waals surface area (Å²) in [7, 11) is 3.78. The predicted octanol–water partition coefficient (Wildman–Crippen LogP) is 4.06. The Hall–Kier alpha value is -3.19. The topological polar surface area (TPSA) is 77.6 Å². The summed E-state index contributed by atoms with van der Waals surface area (Å²) in [6.07, 6.45) is 5.81. The van der Waals surface area contributed by atoms with Crippen molar-refractivity contribution in [3.63, 3.8) is 0 Å². The summed E-state index contributed by atoms with van der Waals surface area (Å²) in [5.74, 6) is 0.993. The Labute approximate surface area is 185 Å². The first kappa shape index (κ1) is 19.8. The van der Waals surface area contributed by atoms with E-state index in [4.69, 9.17) is 16.6 Å². The lowest BCUT2D eigenvalue weighted by Gasteiger charge is -2.20. The first-order chi connectivity index (χ1) is 14.9. The molecule has 0 bridgehead atoms. The van der Waals surface area contributed by atoms with Crippen molar-refractivity contribution in [2.75, 3.05) is 0 Å². The lowest BCUT2D eigenvalue weighted by molar-refractivity contribution is 0.0942. The number of amides is 1. The number of carbonyl (C=O) groups is 1. The number of imidazole rings is 1. The fraction of sp³-hybridized carbons (Fsp3) is 0.304. The molecule has 1 aliphatic carbocycles. The van der Waals surface area contributed by atoms with Crippen molar-refractivity contribution in [1.29, 1.82) is 0 Å². The molecule has 0 spiro atoms. The van der Waals surface area contributed by atoms with E-state index in [-0.39, 0.29) is 5.91 Å². The van der Waals surface area contributed by atoms with Crippen molar-refractivity contribution >= 4 is 28.5 Å². The molecule has 8 heteroatoms. The number of hydrogen-bond acceptors (Lipinski definition) is 4. The first-order valence-electron chi connectivity index (χ1n) is 10.3. The molecule has 1 saturated carbocycles. The van der Waals surface area contributed by atoms with Crippen LogP contribution in [-0.4, -0.2) is 30.2 Å². The zero-order valence-corrected chi connectivity index (χ0v) is 18.4. The molecule has 31 heavy (non-hydrogen) atoms. The molecule has 1 aromatic carbocycles. The molecule has 0 saturated heterocycles. The lowest BCUT2D eigenvalue weighted by atomic mass is 10.0. The Morgan fingerprint density at radius 3 is 2.61 bits per heavy atom. The van der Waals surface area contributed by atoms with Gasteiger partial charge in [-0.15, -0.1) is 0 Å². The smallest absolute Gasteiger partial charge is 0.253 e. The highest BCUT2D eigenvalue weighted by Crippen LogP contribution is 2.40. The van der Waals surface area contributed by atoms with Gasteiger partial charge >= 0.3 is 0 Å². The van der Waals surface area contributed by atoms with E-state index in [9.17, 15) is 4.79 Å². The second-order valence-corrected chi connectivity index (χ2v) is 8.57. The summed E-state index contributed by atoms with van der Waals surface area (Å²) in [6, 6.07) is 8.97. The molecule has 0 aliphatic heterocycles. The van der Waals surface area contributed by atoms with E-state index in [2.05, 4.69) is 15.4 Å². The fourth-order valence-corrected chi connectivity index (χ4v) is 4.17. The normalized spacial score (nSPS) is 14.7. The van der Waals surface area contributed by atoms with Crippen molar-refractivity contribution in [2.45, 2.75) is 31.7 Å². The van der Waals surface area contributed by atoms with Crippen LogP contribution in [0, 0.1) is 6.92 Å². The molecule has 1 aliphatic rings. The SMILES string of the molecule is Cc1nn(C)c2nc(C3CC3)cc(C(=O)NC(c3ccc(Cl)cc3)c3nccn3C)c12. The first-order valence-corrected chi connectivity index (χ1v) is 10.7. The van der Waals surface area contributed by atoms with E-state index in [1.165, 1.54) is 0 Å². The molecule has 1 N–H and O–H groups in total. The molecule has 4 aromatic rings. The van der Waals surface area contributed by atoms with Crippen LogP contribution in [0.3, 0.4) is 0 Å². The monoisotopic (exact) mass is 434 g/mol. The molecule has 1 atom stereocenters. The molecule has 3 heterocycles. The average Bonchev–Trinajstić information content (AvgIpc) is 3.46. The van der Waals surface area contributed by atoms with Gasteiger partial charge in [0.15, 0.2) is 5.65 Å². The Morgan fingerprint density at radius 1 is 1.23 bits per heavy atom. The Balaban J connectivity index is 1.59. The summed E-state index contributed by atoms with van der Waals surface area (Å²) in [4.78, 5) is 22.9. The van der Waals surface area contributed by atoms with E-state index < -0.39 is 6.04 Å². The second-order valence-electron chi connectivity index (χ2n) is 8.13. The second kappa shape index (κ2) is 7.50. The number of fused-ring (bicyclic) bond motifs is 1. The van der Waals surface area contributed by atoms with Gasteiger partial charge in [0, 0.05) is 43.1 Å². The van der Waals surface area contributed by atoms with Crippen molar-refractivity contribution < 1.29 is 4.79 Å². The Morgan fingerprint density at radius 2 is 1.97 bits per heavy atom. The predicted molar refractivity (Wildman–Crippen MR) is 119 cm³/mol. The standard InChI is InChI=1S/C23H23ClN6O/c1-13-19-17(12-18(14-4-5-14)26-21(19)30(3)28-13)23(31)27-20(22-25-10-11-29(22)2)15-6-8-16(24)9-7-15/h6-12,14,20H,4-5H2,1-3H3,(H,27,31). The summed E-state index contributed by atoms with van der Waals surface area (Å²) in [6.45, 7) is 1.91. The number of benzene rings is 1. The van der Waals surface area contributed by atoms with Crippen LogP contribution in [0.1, 0.15) is 57.9 Å². The summed E-state index contributed by atoms with van der Waals surface area (Å²) in [5, 5.41) is 9.14. The largest absolute Gasteiger partial charge is 0.338 e. The van der Waals surface area contributed by atoms with Crippen molar-refractivity contribution in [3.05, 3.63) is 76.1 Å². The van der Waals surface area contributed by atoms with E-state index in [0.717, 1.165) is 46.7 Å². The Bertz CT molecular complexity index is 1290. The van der Waals surface area contributed by atoms with Crippen molar-refractivity contribution in [1.82, 2.24) is 29.6 Å². The summed E-state index contributed by atoms with van der Waals surface area (Å²) in [5.41, 5.74) is 4.00. The zero-order chi connectivity index (χ0) is 21.7. The van der Waals surface area contributed by atoms with Gasteiger partial charge in [0.05, 0.1) is 16.6 Å². The van der Waals surface area contributed by atoms with E-state index in [0.29, 0.717) is 16.5 Å². The number of halogens is 1. The van der Waals surface area contributed by atoms with Gasteiger partial charge in [0.2, 0.25) is 0 Å². The number of rotatable bonds is 5. The van der Waals surface area contributed by atoms with Crippen LogP contribution < -0.4 is 5.32 Å². The number of nitrogens with one attached hydrogen (secondary N) is 1. The number of carbonyl (C=O) groups excluding carboxylic acids is 1. The van der Waals surface area contributed by atoms with Crippen LogP contribution in [0.4, 0.5) is 0 Å². The van der Waals surface area contributed by atoms with Crippen LogP contribution in [0.2, 0.25) is 5.02 Å². The molecular formula is C23H23ClN6O. The maximum Gasteiger partial charge on any atom is 0.253 e. The van der Waals surface area contributed by atoms with Crippen molar-refractivity contribution in [2.24, 2.45) is 14.1 Å². The highest BCUT2D eigenvalue weighted by atomic mass is 35.5. The minimum absolute atomic E-state index is 0.173. The molecule has 1 unspecified atom stereocenters. The van der Waals surface area contributed by atoms with E-state index in [1.807, 2.05) is 62.1 Å². The molecule has 5 rings (SSSR count). The summed E-state index contributed by atoms with van der Waals surface area (Å²) < 4.78 is 3.66. The maximum atomic E-state index is 13.6. The third-order valence-electron chi connectivity index (χ3n) is 5.82. The van der Waals surface area contributed by atoms with Gasteiger partial charge in [-0.25, -0.2) is 9.97 Å². The molecule has 3 aromatic heterocycles. The number of aromatic nitrogens is 5. The lowest BCUT2D eigenvalue weighted by Crippen LogP contribution is -2.31. The third-order valence-corrected chi connectivity index (χ3v) is 6.08. The molecule has 0 radical (unpaired) electrons. The van der Waals surface area contributed by atoms with Crippen LogP contribution >= 0.6 is 11.6 Å². The highest BCUT2D eigenvalue weighted by molar-refractivity contribution is 6.30. The van der Waals surface area contributed by atoms with E-state index in [1.54, 1.807) is 10.9 Å². The molecule has 1 fully saturated rings. The van der Waals surface area contributed by atoms with Crippen LogP contribution in [0.25, 0.3) is 11.0 Å². The van der Waals surface area contributed by atoms with Gasteiger partial charge in [-0.05, 0) is 43.5 Å². The zero-order valence-electron chi connectivity index (χ0n) is 17.6. The van der Waals surface area contributed by atoms with Gasteiger partial charge in [-0.3, -0.25) is 9.48 Å². The van der Waals surface area contributed by atoms with Gasteiger partial charge in [-0.2, -0.15) is 5.10 Å². The average molecular weight is 435 g/mol. The maximum absolute atomic E-state index is 13.6. The highest BCUT2D eigenvalue weighted by Gasteiger charge is 2.29. The minimum atomic E-state index is -0.422. The van der Waals surface area contributed by atoms with Crippen LogP contribution in [0.5, 0.6) is 0 Å². The molecule has 1 amide bonds. The van der Waals surface area contributed by atoms with Gasteiger partial charge in [0.1, 0.15) is 11.9 Å². The molecular weight excluding hydrogens is 412 g/mol. The van der Waals surface area contributed by atoms with Crippen LogP contribution in [0.15, 0.2) is 42.7 Å². The number of nitrogens with zero attached hydrogens (tertiary/aromatic N) is 5. The third kappa shape index (κ3) is 3.59. The van der Waals surface area contributed by atoms with Gasteiger partial charge < -0.3 is 9.88 Å². The summed E-state index contributed by atoms with van der Waals surface area (Å²) >= 11 is 6.09. The quantitative estimate of drug-likeness (QED) is 0.513. The molecule has 7 nitrogen and oxygen atoms in total. The van der Waals surface area contributed by atoms with Crippen molar-refractivity contribution in [3.8, 4) is 0 Å². The van der Waals surface area contributed by atoms with Crippen LogP contribution in [-0.2, 0) is 14.1 Å². The number of pyridine rings is 1. The number of aryl methyl sites for hydroxylation is 3. The molecule has 158 valence electrons. The van der Waals surface area contributed by atoms with Gasteiger partial charge in [0.25, 0.3) is 5.91 Å². The Kier molecular flexibility index (Phi) is 4.78. The van der Waals surface area contributed by atoms with E-state index >= 15 is 0 Å².